The minimum Gasteiger partial charge on any atom is -0.351 e. The van der Waals surface area contributed by atoms with E-state index >= 15 is 0 Å². The summed E-state index contributed by atoms with van der Waals surface area (Å²) < 4.78 is 12.9. The molecule has 0 saturated heterocycles. The maximum absolute atomic E-state index is 12.9. The number of amides is 2. The number of halogens is 1. The molecule has 1 unspecified atom stereocenters. The van der Waals surface area contributed by atoms with Crippen LogP contribution in [0.5, 0.6) is 0 Å². The lowest BCUT2D eigenvalue weighted by atomic mass is 9.90. The summed E-state index contributed by atoms with van der Waals surface area (Å²) in [5, 5.41) is 5.57. The van der Waals surface area contributed by atoms with Crippen LogP contribution in [0.4, 0.5) is 10.1 Å². The van der Waals surface area contributed by atoms with Gasteiger partial charge in [0.2, 0.25) is 11.8 Å². The summed E-state index contributed by atoms with van der Waals surface area (Å²) in [4.78, 5) is 24.1. The van der Waals surface area contributed by atoms with E-state index in [1.807, 2.05) is 18.2 Å². The van der Waals surface area contributed by atoms with Crippen molar-refractivity contribution in [3.05, 3.63) is 65.5 Å². The van der Waals surface area contributed by atoms with Gasteiger partial charge in [-0.25, -0.2) is 4.39 Å². The van der Waals surface area contributed by atoms with Crippen LogP contribution in [0.2, 0.25) is 0 Å². The first-order chi connectivity index (χ1) is 10.6. The SMILES string of the molecule is O=C1CC(C(=O)NCc2ccc(F)cc2)c2ccccc2N1. The smallest absolute Gasteiger partial charge is 0.228 e. The van der Waals surface area contributed by atoms with Gasteiger partial charge in [-0.05, 0) is 29.3 Å². The second kappa shape index (κ2) is 5.97. The van der Waals surface area contributed by atoms with Gasteiger partial charge in [0.25, 0.3) is 0 Å². The zero-order chi connectivity index (χ0) is 15.5. The van der Waals surface area contributed by atoms with Crippen LogP contribution in [0.1, 0.15) is 23.5 Å². The number of fused-ring (bicyclic) bond motifs is 1. The summed E-state index contributed by atoms with van der Waals surface area (Å²) in [6.45, 7) is 0.305. The molecule has 0 fully saturated rings. The Hall–Kier alpha value is -2.69. The molecule has 5 heteroatoms. The molecule has 4 nitrogen and oxygen atoms in total. The van der Waals surface area contributed by atoms with Crippen LogP contribution in [0.25, 0.3) is 0 Å². The molecule has 22 heavy (non-hydrogen) atoms. The molecule has 3 rings (SSSR count). The van der Waals surface area contributed by atoms with Crippen LogP contribution < -0.4 is 10.6 Å². The lowest BCUT2D eigenvalue weighted by molar-refractivity contribution is -0.126. The van der Waals surface area contributed by atoms with Gasteiger partial charge >= 0.3 is 0 Å². The van der Waals surface area contributed by atoms with E-state index in [1.165, 1.54) is 12.1 Å². The molecular formula is C17H15FN2O2. The van der Waals surface area contributed by atoms with E-state index in [0.29, 0.717) is 12.2 Å². The van der Waals surface area contributed by atoms with Gasteiger partial charge in [0.05, 0.1) is 5.92 Å². The molecule has 2 aromatic rings. The van der Waals surface area contributed by atoms with Crippen LogP contribution in [-0.2, 0) is 16.1 Å². The molecule has 0 spiro atoms. The molecule has 1 atom stereocenters. The number of rotatable bonds is 3. The molecule has 0 bridgehead atoms. The molecule has 2 aromatic carbocycles. The maximum atomic E-state index is 12.9. The van der Waals surface area contributed by atoms with Crippen molar-refractivity contribution in [3.8, 4) is 0 Å². The lowest BCUT2D eigenvalue weighted by Crippen LogP contribution is -2.34. The fourth-order valence-corrected chi connectivity index (χ4v) is 2.56. The fraction of sp³-hybridized carbons (Fsp3) is 0.176. The summed E-state index contributed by atoms with van der Waals surface area (Å²) >= 11 is 0. The molecule has 2 amide bonds. The van der Waals surface area contributed by atoms with E-state index in [0.717, 1.165) is 11.1 Å². The Bertz CT molecular complexity index is 713. The minimum absolute atomic E-state index is 0.131. The van der Waals surface area contributed by atoms with Gasteiger partial charge in [0, 0.05) is 18.7 Å². The number of carbonyl (C=O) groups excluding carboxylic acids is 2. The average molecular weight is 298 g/mol. The van der Waals surface area contributed by atoms with Crippen molar-refractivity contribution in [1.82, 2.24) is 5.32 Å². The van der Waals surface area contributed by atoms with Crippen molar-refractivity contribution in [1.29, 1.82) is 0 Å². The molecular weight excluding hydrogens is 283 g/mol. The standard InChI is InChI=1S/C17H15FN2O2/c18-12-7-5-11(6-8-12)10-19-17(22)14-9-16(21)20-15-4-2-1-3-13(14)15/h1-8,14H,9-10H2,(H,19,22)(H,20,21). The van der Waals surface area contributed by atoms with Crippen LogP contribution >= 0.6 is 0 Å². The first kappa shape index (κ1) is 14.3. The van der Waals surface area contributed by atoms with Crippen LogP contribution in [-0.4, -0.2) is 11.8 Å². The monoisotopic (exact) mass is 298 g/mol. The van der Waals surface area contributed by atoms with Crippen LogP contribution in [0.15, 0.2) is 48.5 Å². The van der Waals surface area contributed by atoms with E-state index in [2.05, 4.69) is 10.6 Å². The van der Waals surface area contributed by atoms with Crippen molar-refractivity contribution in [2.45, 2.75) is 18.9 Å². The number of nitrogens with one attached hydrogen (secondary N) is 2. The zero-order valence-electron chi connectivity index (χ0n) is 11.8. The van der Waals surface area contributed by atoms with Gasteiger partial charge in [-0.1, -0.05) is 30.3 Å². The summed E-state index contributed by atoms with van der Waals surface area (Å²) in [5.41, 5.74) is 2.31. The Kier molecular flexibility index (Phi) is 3.87. The number of benzene rings is 2. The lowest BCUT2D eigenvalue weighted by Gasteiger charge is -2.24. The van der Waals surface area contributed by atoms with Gasteiger partial charge in [-0.15, -0.1) is 0 Å². The third-order valence-electron chi connectivity index (χ3n) is 3.70. The van der Waals surface area contributed by atoms with E-state index in [1.54, 1.807) is 18.2 Å². The minimum atomic E-state index is -0.495. The van der Waals surface area contributed by atoms with Crippen molar-refractivity contribution < 1.29 is 14.0 Å². The third-order valence-corrected chi connectivity index (χ3v) is 3.70. The van der Waals surface area contributed by atoms with Gasteiger partial charge < -0.3 is 10.6 Å². The van der Waals surface area contributed by atoms with Gasteiger partial charge in [0.15, 0.2) is 0 Å². The predicted molar refractivity (Wildman–Crippen MR) is 80.7 cm³/mol. The third kappa shape index (κ3) is 2.98. The largest absolute Gasteiger partial charge is 0.351 e. The molecule has 1 aliphatic rings. The van der Waals surface area contributed by atoms with E-state index in [4.69, 9.17) is 0 Å². The fourth-order valence-electron chi connectivity index (χ4n) is 2.56. The normalized spacial score (nSPS) is 16.6. The van der Waals surface area contributed by atoms with Gasteiger partial charge in [-0.2, -0.15) is 0 Å². The second-order valence-corrected chi connectivity index (χ2v) is 5.24. The Balaban J connectivity index is 1.72. The number of para-hydroxylation sites is 1. The van der Waals surface area contributed by atoms with Crippen molar-refractivity contribution in [2.75, 3.05) is 5.32 Å². The van der Waals surface area contributed by atoms with Gasteiger partial charge in [-0.3, -0.25) is 9.59 Å². The Morgan fingerprint density at radius 3 is 2.68 bits per heavy atom. The van der Waals surface area contributed by atoms with E-state index < -0.39 is 5.92 Å². The summed E-state index contributed by atoms with van der Waals surface area (Å²) in [6, 6.07) is 13.2. The van der Waals surface area contributed by atoms with E-state index in [9.17, 15) is 14.0 Å². The number of hydrogen-bond donors (Lipinski definition) is 2. The number of hydrogen-bond acceptors (Lipinski definition) is 2. The number of carbonyl (C=O) groups is 2. The predicted octanol–water partition coefficient (Wildman–Crippen LogP) is 2.57. The molecule has 112 valence electrons. The molecule has 0 radical (unpaired) electrons. The molecule has 0 saturated carbocycles. The summed E-state index contributed by atoms with van der Waals surface area (Å²) in [5.74, 6) is -1.18. The Morgan fingerprint density at radius 1 is 1.18 bits per heavy atom. The summed E-state index contributed by atoms with van der Waals surface area (Å²) in [6.07, 6.45) is 0.131. The topological polar surface area (TPSA) is 58.2 Å². The van der Waals surface area contributed by atoms with Crippen LogP contribution in [0, 0.1) is 5.82 Å². The molecule has 1 aliphatic heterocycles. The highest BCUT2D eigenvalue weighted by molar-refractivity contribution is 6.01. The zero-order valence-corrected chi connectivity index (χ0v) is 11.8. The molecule has 1 heterocycles. The van der Waals surface area contributed by atoms with Crippen molar-refractivity contribution >= 4 is 17.5 Å². The Labute approximate surface area is 127 Å². The highest BCUT2D eigenvalue weighted by Gasteiger charge is 2.30. The van der Waals surface area contributed by atoms with Crippen LogP contribution in [0.3, 0.4) is 0 Å². The van der Waals surface area contributed by atoms with Gasteiger partial charge in [0.1, 0.15) is 5.82 Å². The molecule has 2 N–H and O–H groups in total. The second-order valence-electron chi connectivity index (χ2n) is 5.24. The first-order valence-electron chi connectivity index (χ1n) is 7.04. The van der Waals surface area contributed by atoms with Crippen molar-refractivity contribution in [2.24, 2.45) is 0 Å². The molecule has 0 aromatic heterocycles. The quantitative estimate of drug-likeness (QED) is 0.915. The highest BCUT2D eigenvalue weighted by Crippen LogP contribution is 2.31. The van der Waals surface area contributed by atoms with E-state index in [-0.39, 0.29) is 24.1 Å². The average Bonchev–Trinajstić information content (AvgIpc) is 2.53. The molecule has 0 aliphatic carbocycles. The first-order valence-corrected chi connectivity index (χ1v) is 7.04. The maximum Gasteiger partial charge on any atom is 0.228 e. The summed E-state index contributed by atoms with van der Waals surface area (Å²) in [7, 11) is 0. The number of anilines is 1. The highest BCUT2D eigenvalue weighted by atomic mass is 19.1. The Morgan fingerprint density at radius 2 is 1.91 bits per heavy atom. The van der Waals surface area contributed by atoms with Crippen molar-refractivity contribution in [3.63, 3.8) is 0 Å².